The van der Waals surface area contributed by atoms with Gasteiger partial charge in [-0.15, -0.1) is 0 Å². The molecule has 4 rings (SSSR count). The summed E-state index contributed by atoms with van der Waals surface area (Å²) in [5.74, 6) is 1.22. The number of aliphatic hydroxyl groups excluding tert-OH is 3. The predicted molar refractivity (Wildman–Crippen MR) is 128 cm³/mol. The van der Waals surface area contributed by atoms with Gasteiger partial charge in [0.2, 0.25) is 0 Å². The Morgan fingerprint density at radius 3 is 2.30 bits per heavy atom. The average molecular weight is 465 g/mol. The van der Waals surface area contributed by atoms with Crippen LogP contribution in [0.1, 0.15) is 92.4 Å². The van der Waals surface area contributed by atoms with E-state index in [1.165, 1.54) is 0 Å². The second-order valence-electron chi connectivity index (χ2n) is 13.2. The Morgan fingerprint density at radius 1 is 0.939 bits per heavy atom. The first-order chi connectivity index (χ1) is 15.4. The van der Waals surface area contributed by atoms with Crippen LogP contribution in [0.25, 0.3) is 0 Å². The number of rotatable bonds is 6. The zero-order chi connectivity index (χ0) is 24.3. The standard InChI is InChI=1S/C28H48O5/c1-15(17(3)26(32)33)6-7-16(2)20-8-9-21-25-22(14-24(31)28(20,21)5)27(4)11-10-19(29)12-18(27)13-23(25)30/h15-25,29-31H,6-14H2,1-5H3,(H,32,33)/t15?,16-,17?,18+,19-,20-,21+,22+,23-,24+,25+,27+,28-/m1/s1. The molecule has 33 heavy (non-hydrogen) atoms. The number of carboxylic acids is 1. The van der Waals surface area contributed by atoms with E-state index in [0.29, 0.717) is 29.6 Å². The van der Waals surface area contributed by atoms with E-state index >= 15 is 0 Å². The summed E-state index contributed by atoms with van der Waals surface area (Å²) in [5, 5.41) is 42.7. The van der Waals surface area contributed by atoms with Gasteiger partial charge in [0.05, 0.1) is 24.2 Å². The lowest BCUT2D eigenvalue weighted by molar-refractivity contribution is -0.207. The van der Waals surface area contributed by atoms with Crippen molar-refractivity contribution in [3.8, 4) is 0 Å². The smallest absolute Gasteiger partial charge is 0.306 e. The molecule has 0 aromatic carbocycles. The van der Waals surface area contributed by atoms with Crippen LogP contribution in [0.2, 0.25) is 0 Å². The maximum atomic E-state index is 11.7. The monoisotopic (exact) mass is 464 g/mol. The number of aliphatic carboxylic acids is 1. The van der Waals surface area contributed by atoms with Crippen LogP contribution in [0.3, 0.4) is 0 Å². The molecule has 5 heteroatoms. The van der Waals surface area contributed by atoms with Gasteiger partial charge in [0, 0.05) is 0 Å². The first-order valence-electron chi connectivity index (χ1n) is 13.7. The highest BCUT2D eigenvalue weighted by Crippen LogP contribution is 2.68. The third-order valence-corrected chi connectivity index (χ3v) is 11.8. The minimum absolute atomic E-state index is 0.109. The molecule has 4 N–H and O–H groups in total. The summed E-state index contributed by atoms with van der Waals surface area (Å²) >= 11 is 0. The normalized spacial score (nSPS) is 49.9. The van der Waals surface area contributed by atoms with Crippen molar-refractivity contribution in [2.45, 2.75) is 111 Å². The lowest BCUT2D eigenvalue weighted by Gasteiger charge is -2.63. The van der Waals surface area contributed by atoms with E-state index in [1.54, 1.807) is 6.92 Å². The van der Waals surface area contributed by atoms with Crippen molar-refractivity contribution < 1.29 is 25.2 Å². The Hall–Kier alpha value is -0.650. The summed E-state index contributed by atoms with van der Waals surface area (Å²) in [6.45, 7) is 10.8. The zero-order valence-electron chi connectivity index (χ0n) is 21.4. The summed E-state index contributed by atoms with van der Waals surface area (Å²) in [6.07, 6.45) is 7.34. The summed E-state index contributed by atoms with van der Waals surface area (Å²) < 4.78 is 0. The molecule has 4 fully saturated rings. The molecule has 0 aliphatic heterocycles. The summed E-state index contributed by atoms with van der Waals surface area (Å²) in [5.41, 5.74) is -0.0713. The van der Waals surface area contributed by atoms with Crippen LogP contribution in [-0.2, 0) is 4.79 Å². The maximum absolute atomic E-state index is 11.7. The topological polar surface area (TPSA) is 98.0 Å². The Balaban J connectivity index is 1.52. The second kappa shape index (κ2) is 9.09. The lowest BCUT2D eigenvalue weighted by atomic mass is 9.43. The van der Waals surface area contributed by atoms with Crippen molar-refractivity contribution in [1.82, 2.24) is 0 Å². The van der Waals surface area contributed by atoms with Crippen LogP contribution >= 0.6 is 0 Å². The van der Waals surface area contributed by atoms with Crippen molar-refractivity contribution in [3.63, 3.8) is 0 Å². The van der Waals surface area contributed by atoms with E-state index in [9.17, 15) is 25.2 Å². The number of carbonyl (C=O) groups is 1. The fourth-order valence-electron chi connectivity index (χ4n) is 9.35. The van der Waals surface area contributed by atoms with Gasteiger partial charge in [-0.2, -0.15) is 0 Å². The molecular formula is C28H48O5. The van der Waals surface area contributed by atoms with Gasteiger partial charge in [-0.1, -0.05) is 41.0 Å². The first-order valence-corrected chi connectivity index (χ1v) is 13.7. The number of carboxylic acid groups (broad SMARTS) is 1. The van der Waals surface area contributed by atoms with E-state index in [1.807, 2.05) is 6.92 Å². The third-order valence-electron chi connectivity index (χ3n) is 11.8. The first kappa shape index (κ1) is 25.4. The van der Waals surface area contributed by atoms with Crippen LogP contribution in [-0.4, -0.2) is 44.7 Å². The molecule has 4 aliphatic carbocycles. The molecule has 0 heterocycles. The van der Waals surface area contributed by atoms with E-state index in [4.69, 9.17) is 0 Å². The highest BCUT2D eigenvalue weighted by atomic mass is 16.4. The Kier molecular flexibility index (Phi) is 7.01. The molecule has 0 spiro atoms. The number of hydrogen-bond acceptors (Lipinski definition) is 4. The van der Waals surface area contributed by atoms with Crippen molar-refractivity contribution in [2.24, 2.45) is 58.2 Å². The van der Waals surface area contributed by atoms with E-state index in [2.05, 4.69) is 20.8 Å². The quantitative estimate of drug-likeness (QED) is 0.456. The lowest BCUT2D eigenvalue weighted by Crippen LogP contribution is -2.62. The summed E-state index contributed by atoms with van der Waals surface area (Å²) in [4.78, 5) is 11.4. The molecule has 2 unspecified atom stereocenters. The van der Waals surface area contributed by atoms with Crippen LogP contribution in [0.5, 0.6) is 0 Å². The van der Waals surface area contributed by atoms with Crippen molar-refractivity contribution >= 4 is 5.97 Å². The van der Waals surface area contributed by atoms with E-state index in [-0.39, 0.29) is 46.9 Å². The SMILES string of the molecule is CC(CC[C@@H](C)[C@H]1CC[C@H]2[C@@H]3[C@H](O)C[C@@H]4C[C@H](O)CC[C@]4(C)[C@H]3C[C@H](O)[C@]12C)C(C)C(=O)O. The van der Waals surface area contributed by atoms with Gasteiger partial charge in [0.15, 0.2) is 0 Å². The van der Waals surface area contributed by atoms with E-state index < -0.39 is 5.97 Å². The highest BCUT2D eigenvalue weighted by molar-refractivity contribution is 5.69. The molecule has 190 valence electrons. The van der Waals surface area contributed by atoms with Crippen molar-refractivity contribution in [1.29, 1.82) is 0 Å². The number of aliphatic hydroxyl groups is 3. The fourth-order valence-corrected chi connectivity index (χ4v) is 9.35. The molecular weight excluding hydrogens is 416 g/mol. The molecule has 0 aromatic rings. The molecule has 0 bridgehead atoms. The van der Waals surface area contributed by atoms with Gasteiger partial charge in [-0.3, -0.25) is 4.79 Å². The van der Waals surface area contributed by atoms with Crippen LogP contribution < -0.4 is 0 Å². The predicted octanol–water partition coefficient (Wildman–Crippen LogP) is 4.72. The maximum Gasteiger partial charge on any atom is 0.306 e. The van der Waals surface area contributed by atoms with Crippen molar-refractivity contribution in [3.05, 3.63) is 0 Å². The summed E-state index contributed by atoms with van der Waals surface area (Å²) in [7, 11) is 0. The molecule has 0 radical (unpaired) electrons. The second-order valence-corrected chi connectivity index (χ2v) is 13.2. The Labute approximate surface area is 200 Å². The number of fused-ring (bicyclic) bond motifs is 5. The van der Waals surface area contributed by atoms with E-state index in [0.717, 1.165) is 57.8 Å². The Bertz CT molecular complexity index is 725. The minimum Gasteiger partial charge on any atom is -0.481 e. The van der Waals surface area contributed by atoms with Gasteiger partial charge in [-0.05, 0) is 104 Å². The van der Waals surface area contributed by atoms with Gasteiger partial charge in [-0.25, -0.2) is 0 Å². The largest absolute Gasteiger partial charge is 0.481 e. The molecule has 0 aromatic heterocycles. The molecule has 5 nitrogen and oxygen atoms in total. The van der Waals surface area contributed by atoms with Gasteiger partial charge in [0.25, 0.3) is 0 Å². The minimum atomic E-state index is -0.717. The van der Waals surface area contributed by atoms with Gasteiger partial charge >= 0.3 is 5.97 Å². The van der Waals surface area contributed by atoms with Crippen LogP contribution in [0.4, 0.5) is 0 Å². The fraction of sp³-hybridized carbons (Fsp3) is 0.964. The Morgan fingerprint density at radius 2 is 1.64 bits per heavy atom. The summed E-state index contributed by atoms with van der Waals surface area (Å²) in [6, 6.07) is 0. The van der Waals surface area contributed by atoms with Crippen molar-refractivity contribution in [2.75, 3.05) is 0 Å². The van der Waals surface area contributed by atoms with Gasteiger partial charge in [0.1, 0.15) is 0 Å². The highest BCUT2D eigenvalue weighted by Gasteiger charge is 2.65. The van der Waals surface area contributed by atoms with Crippen LogP contribution in [0.15, 0.2) is 0 Å². The molecule has 13 atom stereocenters. The molecule has 4 aliphatic rings. The van der Waals surface area contributed by atoms with Gasteiger partial charge < -0.3 is 20.4 Å². The zero-order valence-corrected chi connectivity index (χ0v) is 21.4. The number of hydrogen-bond donors (Lipinski definition) is 4. The molecule has 0 saturated heterocycles. The molecule has 4 saturated carbocycles. The third kappa shape index (κ3) is 4.08. The molecule has 0 amide bonds. The average Bonchev–Trinajstić information content (AvgIpc) is 3.11. The van der Waals surface area contributed by atoms with Crippen LogP contribution in [0, 0.1) is 58.2 Å².